The van der Waals surface area contributed by atoms with E-state index < -0.39 is 0 Å². The first-order valence-corrected chi connectivity index (χ1v) is 21.0. The number of aromatic nitrogens is 2. The minimum atomic E-state index is 0.277. The molecular formula is C55H38N2S. The molecule has 1 atom stereocenters. The van der Waals surface area contributed by atoms with Crippen LogP contribution < -0.4 is 0 Å². The zero-order valence-electron chi connectivity index (χ0n) is 32.1. The van der Waals surface area contributed by atoms with Crippen molar-refractivity contribution in [2.75, 3.05) is 0 Å². The first-order chi connectivity index (χ1) is 28.7. The maximum Gasteiger partial charge on any atom is 0.0615 e. The van der Waals surface area contributed by atoms with Gasteiger partial charge in [0.15, 0.2) is 0 Å². The SMILES string of the molecule is C[C@H]1CC(c2ccc3c(c2)c2ccccc2n3-c2ccc3sc4ccccc4c3c2)=Cc2c1n(-c1c(-c3ccccc3)cccc1-c1ccccc1)c1ccccc21. The molecule has 58 heavy (non-hydrogen) atoms. The highest BCUT2D eigenvalue weighted by atomic mass is 32.1. The van der Waals surface area contributed by atoms with E-state index in [2.05, 4.69) is 210 Å². The van der Waals surface area contributed by atoms with Gasteiger partial charge in [-0.1, -0.05) is 146 Å². The molecule has 11 aromatic rings. The molecule has 8 aromatic carbocycles. The van der Waals surface area contributed by atoms with Crippen molar-refractivity contribution in [3.8, 4) is 33.6 Å². The van der Waals surface area contributed by atoms with E-state index in [9.17, 15) is 0 Å². The number of para-hydroxylation sites is 3. The first kappa shape index (κ1) is 33.2. The average molecular weight is 759 g/mol. The van der Waals surface area contributed by atoms with E-state index in [0.29, 0.717) is 0 Å². The number of benzene rings is 8. The standard InChI is InChI=1S/C55H38N2S/c1-35-31-39(38-27-29-51-46(32-38)43-19-8-11-24-49(43)56(51)40-28-30-53-47(34-40)45-21-10-13-26-52(45)58-53)33-48-44-20-9-12-25-50(44)57(54(35)48)55-41(36-15-4-2-5-16-36)22-14-23-42(55)37-17-6-3-7-18-37/h2-30,32-35H,31H2,1H3/t35-/m0/s1. The van der Waals surface area contributed by atoms with Crippen LogP contribution in [-0.4, -0.2) is 9.13 Å². The summed E-state index contributed by atoms with van der Waals surface area (Å²) in [5.41, 5.74) is 16.4. The molecule has 3 heterocycles. The number of hydrogen-bond acceptors (Lipinski definition) is 1. The summed E-state index contributed by atoms with van der Waals surface area (Å²) in [5.74, 6) is 0.277. The molecule has 1 aliphatic carbocycles. The number of allylic oxidation sites excluding steroid dienone is 1. The van der Waals surface area contributed by atoms with Gasteiger partial charge in [-0.15, -0.1) is 11.3 Å². The van der Waals surface area contributed by atoms with Gasteiger partial charge in [0.1, 0.15) is 0 Å². The maximum absolute atomic E-state index is 2.59. The molecule has 0 aliphatic heterocycles. The topological polar surface area (TPSA) is 9.86 Å². The maximum atomic E-state index is 2.59. The Morgan fingerprint density at radius 2 is 1.05 bits per heavy atom. The molecule has 0 amide bonds. The fourth-order valence-corrected chi connectivity index (χ4v) is 10.9. The number of fused-ring (bicyclic) bond motifs is 9. The van der Waals surface area contributed by atoms with Gasteiger partial charge < -0.3 is 9.13 Å². The largest absolute Gasteiger partial charge is 0.311 e. The lowest BCUT2D eigenvalue weighted by Gasteiger charge is -2.26. The summed E-state index contributed by atoms with van der Waals surface area (Å²) in [6, 6.07) is 69.3. The third-order valence-corrected chi connectivity index (χ3v) is 13.5. The van der Waals surface area contributed by atoms with E-state index in [1.54, 1.807) is 0 Å². The summed E-state index contributed by atoms with van der Waals surface area (Å²) in [6.07, 6.45) is 3.45. The highest BCUT2D eigenvalue weighted by Gasteiger charge is 2.29. The lowest BCUT2D eigenvalue weighted by atomic mass is 9.84. The molecule has 274 valence electrons. The Hall–Kier alpha value is -6.94. The van der Waals surface area contributed by atoms with Gasteiger partial charge in [-0.3, -0.25) is 0 Å². The molecule has 0 radical (unpaired) electrons. The molecule has 0 bridgehead atoms. The Bertz CT molecular complexity index is 3370. The van der Waals surface area contributed by atoms with Crippen LogP contribution in [0.25, 0.3) is 98.2 Å². The van der Waals surface area contributed by atoms with Gasteiger partial charge >= 0.3 is 0 Å². The van der Waals surface area contributed by atoms with Crippen molar-refractivity contribution in [2.45, 2.75) is 19.3 Å². The van der Waals surface area contributed by atoms with Gasteiger partial charge in [-0.05, 0) is 83.3 Å². The van der Waals surface area contributed by atoms with Crippen LogP contribution in [0.4, 0.5) is 0 Å². The Labute approximate surface area is 341 Å². The van der Waals surface area contributed by atoms with Gasteiger partial charge in [-0.25, -0.2) is 0 Å². The lowest BCUT2D eigenvalue weighted by molar-refractivity contribution is 0.733. The summed E-state index contributed by atoms with van der Waals surface area (Å²) in [6.45, 7) is 2.42. The van der Waals surface area contributed by atoms with Gasteiger partial charge in [0.05, 0.1) is 22.2 Å². The van der Waals surface area contributed by atoms with Crippen LogP contribution in [0.15, 0.2) is 188 Å². The van der Waals surface area contributed by atoms with E-state index >= 15 is 0 Å². The fourth-order valence-electron chi connectivity index (χ4n) is 9.81. The Morgan fingerprint density at radius 1 is 0.448 bits per heavy atom. The van der Waals surface area contributed by atoms with E-state index in [1.165, 1.54) is 109 Å². The molecular weight excluding hydrogens is 721 g/mol. The molecule has 1 aliphatic rings. The van der Waals surface area contributed by atoms with Crippen LogP contribution >= 0.6 is 11.3 Å². The first-order valence-electron chi connectivity index (χ1n) is 20.2. The summed E-state index contributed by atoms with van der Waals surface area (Å²) in [5, 5.41) is 6.50. The molecule has 0 fully saturated rings. The monoisotopic (exact) mass is 758 g/mol. The number of hydrogen-bond donors (Lipinski definition) is 0. The molecule has 0 spiro atoms. The molecule has 0 N–H and O–H groups in total. The fraction of sp³-hybridized carbons (Fsp3) is 0.0545. The van der Waals surface area contributed by atoms with E-state index in [-0.39, 0.29) is 5.92 Å². The number of thiophene rings is 1. The number of rotatable bonds is 5. The molecule has 3 heteroatoms. The molecule has 0 unspecified atom stereocenters. The van der Waals surface area contributed by atoms with Crippen molar-refractivity contribution in [1.29, 1.82) is 0 Å². The summed E-state index contributed by atoms with van der Waals surface area (Å²) in [7, 11) is 0. The van der Waals surface area contributed by atoms with Crippen molar-refractivity contribution in [3.63, 3.8) is 0 Å². The van der Waals surface area contributed by atoms with Crippen molar-refractivity contribution in [1.82, 2.24) is 9.13 Å². The minimum Gasteiger partial charge on any atom is -0.311 e. The van der Waals surface area contributed by atoms with Gasteiger partial charge in [0.25, 0.3) is 0 Å². The predicted molar refractivity (Wildman–Crippen MR) is 249 cm³/mol. The van der Waals surface area contributed by atoms with Crippen molar-refractivity contribution < 1.29 is 0 Å². The molecule has 0 saturated heterocycles. The molecule has 2 nitrogen and oxygen atoms in total. The third-order valence-electron chi connectivity index (χ3n) is 12.4. The van der Waals surface area contributed by atoms with E-state index in [0.717, 1.165) is 6.42 Å². The minimum absolute atomic E-state index is 0.277. The van der Waals surface area contributed by atoms with Gasteiger partial charge in [-0.2, -0.15) is 0 Å². The van der Waals surface area contributed by atoms with Crippen LogP contribution in [0.5, 0.6) is 0 Å². The third kappa shape index (κ3) is 5.03. The number of nitrogens with zero attached hydrogens (tertiary/aromatic N) is 2. The van der Waals surface area contributed by atoms with Crippen LogP contribution in [-0.2, 0) is 0 Å². The highest BCUT2D eigenvalue weighted by molar-refractivity contribution is 7.25. The summed E-state index contributed by atoms with van der Waals surface area (Å²) in [4.78, 5) is 0. The predicted octanol–water partition coefficient (Wildman–Crippen LogP) is 15.5. The summed E-state index contributed by atoms with van der Waals surface area (Å²) >= 11 is 1.87. The van der Waals surface area contributed by atoms with Gasteiger partial charge in [0.2, 0.25) is 0 Å². The Kier molecular flexibility index (Phi) is 7.48. The summed E-state index contributed by atoms with van der Waals surface area (Å²) < 4.78 is 7.71. The molecule has 0 saturated carbocycles. The zero-order valence-corrected chi connectivity index (χ0v) is 32.9. The van der Waals surface area contributed by atoms with Crippen molar-refractivity contribution >= 4 is 75.9 Å². The Morgan fingerprint density at radius 3 is 1.79 bits per heavy atom. The van der Waals surface area contributed by atoms with Gasteiger partial charge in [0, 0.05) is 70.3 Å². The van der Waals surface area contributed by atoms with Crippen LogP contribution in [0.1, 0.15) is 36.1 Å². The second-order valence-electron chi connectivity index (χ2n) is 15.7. The van der Waals surface area contributed by atoms with Crippen molar-refractivity contribution in [2.24, 2.45) is 0 Å². The van der Waals surface area contributed by atoms with Crippen LogP contribution in [0.2, 0.25) is 0 Å². The lowest BCUT2D eigenvalue weighted by Crippen LogP contribution is -2.11. The van der Waals surface area contributed by atoms with E-state index in [1.807, 2.05) is 11.3 Å². The normalized spacial score (nSPS) is 14.2. The Balaban J connectivity index is 1.05. The average Bonchev–Trinajstić information content (AvgIpc) is 3.94. The molecule has 12 rings (SSSR count). The smallest absolute Gasteiger partial charge is 0.0615 e. The second-order valence-corrected chi connectivity index (χ2v) is 16.8. The second kappa shape index (κ2) is 13.1. The van der Waals surface area contributed by atoms with Crippen molar-refractivity contribution in [3.05, 3.63) is 205 Å². The zero-order chi connectivity index (χ0) is 38.3. The van der Waals surface area contributed by atoms with E-state index in [4.69, 9.17) is 0 Å². The van der Waals surface area contributed by atoms with Crippen LogP contribution in [0, 0.1) is 0 Å². The molecule has 3 aromatic heterocycles. The quantitative estimate of drug-likeness (QED) is 0.165. The van der Waals surface area contributed by atoms with Crippen LogP contribution in [0.3, 0.4) is 0 Å². The highest BCUT2D eigenvalue weighted by Crippen LogP contribution is 2.48.